The molecule has 0 radical (unpaired) electrons. The number of nitriles is 1. The predicted molar refractivity (Wildman–Crippen MR) is 106 cm³/mol. The van der Waals surface area contributed by atoms with E-state index in [9.17, 15) is 10.1 Å². The summed E-state index contributed by atoms with van der Waals surface area (Å²) in [5.41, 5.74) is 0.388. The molecule has 0 N–H and O–H groups in total. The van der Waals surface area contributed by atoms with E-state index in [2.05, 4.69) is 11.1 Å². The maximum atomic E-state index is 12.4. The molecule has 28 heavy (non-hydrogen) atoms. The highest BCUT2D eigenvalue weighted by atomic mass is 35.5. The Balaban J connectivity index is 1.65. The van der Waals surface area contributed by atoms with Gasteiger partial charge in [0.1, 0.15) is 28.7 Å². The standard InChI is InChI=1S/C21H18Cl2N2O3/c1-21(2)16(9-18(22)23)19(21)20(26)27-12-17-13(10-24)8-15(11-25-17)28-14-6-4-3-5-7-14/h3-9,11,16,19H,12H2,1-2H3. The predicted octanol–water partition coefficient (Wildman–Crippen LogP) is 5.38. The van der Waals surface area contributed by atoms with Gasteiger partial charge in [0.05, 0.1) is 23.4 Å². The molecule has 7 heteroatoms. The molecule has 1 aromatic carbocycles. The Morgan fingerprint density at radius 3 is 2.64 bits per heavy atom. The highest BCUT2D eigenvalue weighted by molar-refractivity contribution is 6.55. The molecule has 1 heterocycles. The number of allylic oxidation sites excluding steroid dienone is 1. The molecule has 0 saturated heterocycles. The number of hydrogen-bond donors (Lipinski definition) is 0. The third kappa shape index (κ3) is 4.46. The van der Waals surface area contributed by atoms with Crippen molar-refractivity contribution in [3.05, 3.63) is 64.4 Å². The first-order chi connectivity index (χ1) is 13.3. The molecule has 0 spiro atoms. The van der Waals surface area contributed by atoms with Crippen molar-refractivity contribution in [3.8, 4) is 17.6 Å². The number of benzene rings is 1. The average molecular weight is 417 g/mol. The maximum absolute atomic E-state index is 12.4. The summed E-state index contributed by atoms with van der Waals surface area (Å²) in [5, 5.41) is 9.40. The van der Waals surface area contributed by atoms with Gasteiger partial charge in [0, 0.05) is 6.07 Å². The second kappa shape index (κ2) is 8.22. The van der Waals surface area contributed by atoms with Crippen molar-refractivity contribution in [1.82, 2.24) is 4.98 Å². The minimum absolute atomic E-state index is 0.0740. The molecule has 2 atom stereocenters. The Hall–Kier alpha value is -2.55. The fourth-order valence-electron chi connectivity index (χ4n) is 3.17. The first kappa shape index (κ1) is 20.2. The van der Waals surface area contributed by atoms with Gasteiger partial charge in [-0.25, -0.2) is 0 Å². The number of esters is 1. The first-order valence-corrected chi connectivity index (χ1v) is 9.40. The zero-order chi connectivity index (χ0) is 20.3. The van der Waals surface area contributed by atoms with E-state index in [1.807, 2.05) is 32.0 Å². The number of nitrogens with zero attached hydrogens (tertiary/aromatic N) is 2. The van der Waals surface area contributed by atoms with Crippen molar-refractivity contribution in [2.45, 2.75) is 20.5 Å². The number of halogens is 2. The molecule has 144 valence electrons. The molecular formula is C21H18Cl2N2O3. The fraction of sp³-hybridized carbons (Fsp3) is 0.286. The van der Waals surface area contributed by atoms with Crippen molar-refractivity contribution >= 4 is 29.2 Å². The van der Waals surface area contributed by atoms with Gasteiger partial charge in [-0.05, 0) is 29.5 Å². The largest absolute Gasteiger partial charge is 0.459 e. The molecule has 1 fully saturated rings. The van der Waals surface area contributed by atoms with Gasteiger partial charge in [0.25, 0.3) is 0 Å². The van der Waals surface area contributed by atoms with Crippen LogP contribution in [0, 0.1) is 28.6 Å². The number of aromatic nitrogens is 1. The molecule has 0 bridgehead atoms. The molecule has 1 aliphatic carbocycles. The van der Waals surface area contributed by atoms with E-state index >= 15 is 0 Å². The number of ether oxygens (including phenoxy) is 2. The van der Waals surface area contributed by atoms with Crippen LogP contribution in [0.4, 0.5) is 0 Å². The average Bonchev–Trinajstić information content (AvgIpc) is 3.20. The summed E-state index contributed by atoms with van der Waals surface area (Å²) >= 11 is 11.4. The smallest absolute Gasteiger partial charge is 0.310 e. The molecule has 1 aromatic heterocycles. The maximum Gasteiger partial charge on any atom is 0.310 e. The number of pyridine rings is 1. The molecule has 1 aliphatic rings. The van der Waals surface area contributed by atoms with Gasteiger partial charge in [0.15, 0.2) is 0 Å². The number of carbonyl (C=O) groups excluding carboxylic acids is 1. The van der Waals surface area contributed by atoms with Crippen molar-refractivity contribution in [2.24, 2.45) is 17.3 Å². The quantitative estimate of drug-likeness (QED) is 0.590. The summed E-state index contributed by atoms with van der Waals surface area (Å²) in [6.07, 6.45) is 3.15. The normalized spacial score (nSPS) is 19.2. The van der Waals surface area contributed by atoms with Gasteiger partial charge in [0.2, 0.25) is 0 Å². The van der Waals surface area contributed by atoms with E-state index in [-0.39, 0.29) is 39.9 Å². The van der Waals surface area contributed by atoms with Crippen LogP contribution in [0.1, 0.15) is 25.1 Å². The van der Waals surface area contributed by atoms with Crippen LogP contribution in [0.3, 0.4) is 0 Å². The lowest BCUT2D eigenvalue weighted by atomic mass is 10.1. The summed E-state index contributed by atoms with van der Waals surface area (Å²) in [6, 6.07) is 12.8. The Bertz CT molecular complexity index is 948. The van der Waals surface area contributed by atoms with Crippen LogP contribution in [-0.2, 0) is 16.1 Å². The molecule has 2 aromatic rings. The van der Waals surface area contributed by atoms with E-state index in [0.29, 0.717) is 17.2 Å². The number of hydrogen-bond acceptors (Lipinski definition) is 5. The summed E-state index contributed by atoms with van der Waals surface area (Å²) in [6.45, 7) is 3.81. The number of rotatable bonds is 6. The Kier molecular flexibility index (Phi) is 5.93. The van der Waals surface area contributed by atoms with E-state index in [1.165, 1.54) is 6.20 Å². The lowest BCUT2D eigenvalue weighted by molar-refractivity contribution is -0.147. The van der Waals surface area contributed by atoms with Gasteiger partial charge >= 0.3 is 5.97 Å². The molecule has 0 aliphatic heterocycles. The lowest BCUT2D eigenvalue weighted by Gasteiger charge is -2.09. The number of carbonyl (C=O) groups is 1. The molecule has 3 rings (SSSR count). The minimum Gasteiger partial charge on any atom is -0.459 e. The minimum atomic E-state index is -0.365. The second-order valence-corrected chi connectivity index (χ2v) is 8.09. The summed E-state index contributed by atoms with van der Waals surface area (Å²) in [5.74, 6) is 0.306. The van der Waals surface area contributed by atoms with E-state index in [0.717, 1.165) is 0 Å². The Morgan fingerprint density at radius 1 is 1.29 bits per heavy atom. The van der Waals surface area contributed by atoms with Crippen LogP contribution >= 0.6 is 23.2 Å². The van der Waals surface area contributed by atoms with Crippen molar-refractivity contribution in [2.75, 3.05) is 0 Å². The van der Waals surface area contributed by atoms with Crippen molar-refractivity contribution in [3.63, 3.8) is 0 Å². The van der Waals surface area contributed by atoms with Gasteiger partial charge < -0.3 is 9.47 Å². The van der Waals surface area contributed by atoms with Crippen molar-refractivity contribution in [1.29, 1.82) is 5.26 Å². The molecular weight excluding hydrogens is 399 g/mol. The van der Waals surface area contributed by atoms with Gasteiger partial charge in [-0.1, -0.05) is 55.2 Å². The topological polar surface area (TPSA) is 72.2 Å². The summed E-state index contributed by atoms with van der Waals surface area (Å²) < 4.78 is 11.2. The van der Waals surface area contributed by atoms with Crippen LogP contribution in [0.15, 0.2) is 53.2 Å². The van der Waals surface area contributed by atoms with E-state index in [4.69, 9.17) is 32.7 Å². The first-order valence-electron chi connectivity index (χ1n) is 8.64. The van der Waals surface area contributed by atoms with Crippen LogP contribution in [-0.4, -0.2) is 11.0 Å². The zero-order valence-electron chi connectivity index (χ0n) is 15.4. The summed E-state index contributed by atoms with van der Waals surface area (Å²) in [7, 11) is 0. The van der Waals surface area contributed by atoms with E-state index < -0.39 is 0 Å². The highest BCUT2D eigenvalue weighted by Crippen LogP contribution is 2.60. The molecule has 1 saturated carbocycles. The number of para-hydroxylation sites is 1. The highest BCUT2D eigenvalue weighted by Gasteiger charge is 2.61. The SMILES string of the molecule is CC1(C)C(C=C(Cl)Cl)C1C(=O)OCc1ncc(Oc2ccccc2)cc1C#N. The van der Waals surface area contributed by atoms with E-state index in [1.54, 1.807) is 24.3 Å². The monoisotopic (exact) mass is 416 g/mol. The van der Waals surface area contributed by atoms with Crippen LogP contribution in [0.2, 0.25) is 0 Å². The van der Waals surface area contributed by atoms with Crippen molar-refractivity contribution < 1.29 is 14.3 Å². The Labute approximate surface area is 173 Å². The third-order valence-corrected chi connectivity index (χ3v) is 5.12. The van der Waals surface area contributed by atoms with Crippen LogP contribution in [0.5, 0.6) is 11.5 Å². The van der Waals surface area contributed by atoms with Gasteiger partial charge in [-0.2, -0.15) is 5.26 Å². The lowest BCUT2D eigenvalue weighted by Crippen LogP contribution is -2.12. The fourth-order valence-corrected chi connectivity index (χ4v) is 3.44. The van der Waals surface area contributed by atoms with Crippen LogP contribution < -0.4 is 4.74 Å². The molecule has 0 amide bonds. The molecule has 5 nitrogen and oxygen atoms in total. The molecule has 2 unspecified atom stereocenters. The Morgan fingerprint density at radius 2 is 2.00 bits per heavy atom. The summed E-state index contributed by atoms with van der Waals surface area (Å²) in [4.78, 5) is 16.6. The second-order valence-electron chi connectivity index (χ2n) is 7.08. The zero-order valence-corrected chi connectivity index (χ0v) is 16.9. The van der Waals surface area contributed by atoms with Gasteiger partial charge in [-0.15, -0.1) is 0 Å². The van der Waals surface area contributed by atoms with Crippen LogP contribution in [0.25, 0.3) is 0 Å². The third-order valence-electron chi connectivity index (χ3n) is 4.87. The van der Waals surface area contributed by atoms with Gasteiger partial charge in [-0.3, -0.25) is 9.78 Å².